The van der Waals surface area contributed by atoms with Gasteiger partial charge < -0.3 is 19.9 Å². The van der Waals surface area contributed by atoms with Crippen LogP contribution >= 0.6 is 23.2 Å². The van der Waals surface area contributed by atoms with Crippen molar-refractivity contribution < 1.29 is 19.4 Å². The third-order valence-corrected chi connectivity index (χ3v) is 7.52. The first-order chi connectivity index (χ1) is 15.8. The van der Waals surface area contributed by atoms with E-state index < -0.39 is 5.60 Å². The third-order valence-electron chi connectivity index (χ3n) is 6.97. The smallest absolute Gasteiger partial charge is 0.238 e. The van der Waals surface area contributed by atoms with Gasteiger partial charge in [0.05, 0.1) is 37.1 Å². The maximum absolute atomic E-state index is 13.0. The minimum absolute atomic E-state index is 0.0324. The molecule has 0 unspecified atom stereocenters. The molecule has 0 bridgehead atoms. The van der Waals surface area contributed by atoms with E-state index in [1.165, 1.54) is 0 Å². The summed E-state index contributed by atoms with van der Waals surface area (Å²) in [6.07, 6.45) is 4.45. The van der Waals surface area contributed by atoms with Crippen molar-refractivity contribution >= 4 is 34.8 Å². The molecule has 0 aromatic heterocycles. The van der Waals surface area contributed by atoms with Crippen LogP contribution in [0.1, 0.15) is 43.7 Å². The van der Waals surface area contributed by atoms with Crippen molar-refractivity contribution in [1.29, 1.82) is 0 Å². The number of halogens is 2. The number of benzene rings is 2. The van der Waals surface area contributed by atoms with Crippen LogP contribution in [0.5, 0.6) is 11.5 Å². The highest BCUT2D eigenvalue weighted by molar-refractivity contribution is 6.36. The molecule has 8 heteroatoms. The van der Waals surface area contributed by atoms with Crippen molar-refractivity contribution in [2.75, 3.05) is 32.6 Å². The van der Waals surface area contributed by atoms with Crippen LogP contribution in [0.4, 0.5) is 5.69 Å². The molecule has 2 aromatic rings. The molecule has 1 amide bonds. The molecule has 2 fully saturated rings. The maximum Gasteiger partial charge on any atom is 0.238 e. The predicted octanol–water partition coefficient (Wildman–Crippen LogP) is 5.32. The molecule has 33 heavy (non-hydrogen) atoms. The van der Waals surface area contributed by atoms with E-state index in [1.54, 1.807) is 32.4 Å². The first-order valence-electron chi connectivity index (χ1n) is 11.3. The first-order valence-corrected chi connectivity index (χ1v) is 12.0. The number of likely N-dealkylation sites (tertiary alicyclic amines) is 1. The SMILES string of the molecule is COc1ccc([C@H]2[C@@H]3CCCC[C@]3(O)CCN2CC(=O)Nc2ccc(Cl)cc2Cl)cc1OC. The Labute approximate surface area is 204 Å². The highest BCUT2D eigenvalue weighted by Gasteiger charge is 2.49. The highest BCUT2D eigenvalue weighted by atomic mass is 35.5. The van der Waals surface area contributed by atoms with Crippen LogP contribution in [0.25, 0.3) is 0 Å². The molecule has 2 aliphatic rings. The Morgan fingerprint density at radius 3 is 2.64 bits per heavy atom. The van der Waals surface area contributed by atoms with Gasteiger partial charge in [-0.15, -0.1) is 0 Å². The Morgan fingerprint density at radius 1 is 1.12 bits per heavy atom. The number of nitrogens with one attached hydrogen (secondary N) is 1. The number of ether oxygens (including phenoxy) is 2. The summed E-state index contributed by atoms with van der Waals surface area (Å²) < 4.78 is 10.9. The molecule has 0 radical (unpaired) electrons. The molecule has 178 valence electrons. The predicted molar refractivity (Wildman–Crippen MR) is 130 cm³/mol. The molecule has 6 nitrogen and oxygen atoms in total. The average Bonchev–Trinajstić information content (AvgIpc) is 2.80. The quantitative estimate of drug-likeness (QED) is 0.570. The normalized spacial score (nSPS) is 25.2. The van der Waals surface area contributed by atoms with Crippen LogP contribution in [0.3, 0.4) is 0 Å². The fourth-order valence-corrected chi connectivity index (χ4v) is 5.82. The van der Waals surface area contributed by atoms with Crippen molar-refractivity contribution in [3.8, 4) is 11.5 Å². The van der Waals surface area contributed by atoms with E-state index in [2.05, 4.69) is 10.2 Å². The summed E-state index contributed by atoms with van der Waals surface area (Å²) >= 11 is 12.2. The number of amides is 1. The van der Waals surface area contributed by atoms with Gasteiger partial charge in [0.15, 0.2) is 11.5 Å². The number of fused-ring (bicyclic) bond motifs is 1. The highest BCUT2D eigenvalue weighted by Crippen LogP contribution is 2.50. The number of hydrogen-bond donors (Lipinski definition) is 2. The Hall–Kier alpha value is -1.99. The van der Waals surface area contributed by atoms with E-state index in [0.717, 1.165) is 31.2 Å². The van der Waals surface area contributed by atoms with E-state index in [-0.39, 0.29) is 24.4 Å². The minimum atomic E-state index is -0.720. The third kappa shape index (κ3) is 5.09. The average molecular weight is 493 g/mol. The van der Waals surface area contributed by atoms with Gasteiger partial charge in [-0.3, -0.25) is 9.69 Å². The van der Waals surface area contributed by atoms with Gasteiger partial charge in [-0.05, 0) is 55.2 Å². The molecule has 1 aliphatic carbocycles. The second-order valence-electron chi connectivity index (χ2n) is 8.91. The largest absolute Gasteiger partial charge is 0.493 e. The van der Waals surface area contributed by atoms with Gasteiger partial charge in [-0.1, -0.05) is 42.1 Å². The zero-order valence-electron chi connectivity index (χ0n) is 18.9. The van der Waals surface area contributed by atoms with E-state index in [1.807, 2.05) is 18.2 Å². The summed E-state index contributed by atoms with van der Waals surface area (Å²) in [5.41, 5.74) is 0.817. The Kier molecular flexibility index (Phi) is 7.39. The monoisotopic (exact) mass is 492 g/mol. The number of aliphatic hydroxyl groups is 1. The van der Waals surface area contributed by atoms with Gasteiger partial charge in [0.1, 0.15) is 0 Å². The molecule has 1 aliphatic heterocycles. The van der Waals surface area contributed by atoms with Crippen LogP contribution in [0.2, 0.25) is 10.0 Å². The van der Waals surface area contributed by atoms with Crippen molar-refractivity contribution in [2.24, 2.45) is 5.92 Å². The molecule has 3 atom stereocenters. The maximum atomic E-state index is 13.0. The number of rotatable bonds is 6. The fourth-order valence-electron chi connectivity index (χ4n) is 5.36. The molecule has 4 rings (SSSR count). The summed E-state index contributed by atoms with van der Waals surface area (Å²) in [5.74, 6) is 1.16. The van der Waals surface area contributed by atoms with Crippen molar-refractivity contribution in [3.05, 3.63) is 52.0 Å². The molecular formula is C25H30Cl2N2O4. The summed E-state index contributed by atoms with van der Waals surface area (Å²) in [6.45, 7) is 0.804. The second kappa shape index (κ2) is 10.1. The van der Waals surface area contributed by atoms with Crippen LogP contribution < -0.4 is 14.8 Å². The lowest BCUT2D eigenvalue weighted by atomic mass is 9.66. The van der Waals surface area contributed by atoms with Gasteiger partial charge in [-0.2, -0.15) is 0 Å². The molecule has 1 heterocycles. The minimum Gasteiger partial charge on any atom is -0.493 e. The van der Waals surface area contributed by atoms with Gasteiger partial charge in [0.25, 0.3) is 0 Å². The van der Waals surface area contributed by atoms with Gasteiger partial charge in [0.2, 0.25) is 5.91 Å². The van der Waals surface area contributed by atoms with Crippen molar-refractivity contribution in [1.82, 2.24) is 4.90 Å². The summed E-state index contributed by atoms with van der Waals surface area (Å²) in [5, 5.41) is 15.3. The number of hydrogen-bond acceptors (Lipinski definition) is 5. The lowest BCUT2D eigenvalue weighted by Gasteiger charge is -2.52. The van der Waals surface area contributed by atoms with E-state index in [4.69, 9.17) is 32.7 Å². The summed E-state index contributed by atoms with van der Waals surface area (Å²) in [7, 11) is 3.22. The number of nitrogens with zero attached hydrogens (tertiary/aromatic N) is 1. The summed E-state index contributed by atoms with van der Waals surface area (Å²) in [6, 6.07) is 10.7. The van der Waals surface area contributed by atoms with Crippen molar-refractivity contribution in [3.63, 3.8) is 0 Å². The molecule has 2 N–H and O–H groups in total. The number of piperidine rings is 1. The Bertz CT molecular complexity index is 1020. The van der Waals surface area contributed by atoms with Gasteiger partial charge in [-0.25, -0.2) is 0 Å². The molecule has 0 spiro atoms. The number of carbonyl (C=O) groups excluding carboxylic acids is 1. The van der Waals surface area contributed by atoms with Gasteiger partial charge in [0, 0.05) is 23.5 Å². The molecule has 1 saturated carbocycles. The van der Waals surface area contributed by atoms with Gasteiger partial charge >= 0.3 is 0 Å². The molecular weight excluding hydrogens is 463 g/mol. The Balaban J connectivity index is 1.62. The van der Waals surface area contributed by atoms with Crippen LogP contribution in [-0.2, 0) is 4.79 Å². The van der Waals surface area contributed by atoms with Crippen LogP contribution in [-0.4, -0.2) is 48.8 Å². The van der Waals surface area contributed by atoms with E-state index >= 15 is 0 Å². The fraction of sp³-hybridized carbons (Fsp3) is 0.480. The number of carbonyl (C=O) groups is 1. The molecule has 1 saturated heterocycles. The zero-order chi connectivity index (χ0) is 23.6. The summed E-state index contributed by atoms with van der Waals surface area (Å²) in [4.78, 5) is 15.2. The van der Waals surface area contributed by atoms with Crippen LogP contribution in [0, 0.1) is 5.92 Å². The topological polar surface area (TPSA) is 71.0 Å². The number of anilines is 1. The lowest BCUT2D eigenvalue weighted by molar-refractivity contribution is -0.135. The first kappa shape index (κ1) is 24.1. The van der Waals surface area contributed by atoms with E-state index in [0.29, 0.717) is 40.2 Å². The lowest BCUT2D eigenvalue weighted by Crippen LogP contribution is -2.56. The number of methoxy groups -OCH3 is 2. The Morgan fingerprint density at radius 2 is 1.91 bits per heavy atom. The van der Waals surface area contributed by atoms with E-state index in [9.17, 15) is 9.90 Å². The second-order valence-corrected chi connectivity index (χ2v) is 9.75. The van der Waals surface area contributed by atoms with Crippen LogP contribution in [0.15, 0.2) is 36.4 Å². The van der Waals surface area contributed by atoms with Crippen molar-refractivity contribution in [2.45, 2.75) is 43.7 Å². The zero-order valence-corrected chi connectivity index (χ0v) is 20.5. The standard InChI is InChI=1S/C25H30Cl2N2O4/c1-32-21-9-6-16(13-22(21)33-2)24-18-5-3-4-10-25(18,31)11-12-29(24)15-23(30)28-20-8-7-17(26)14-19(20)27/h6-9,13-14,18,24,31H,3-5,10-12,15H2,1-2H3,(H,28,30)/t18-,24-,25-/m0/s1. The molecule has 2 aromatic carbocycles.